The van der Waals surface area contributed by atoms with Crippen LogP contribution < -0.4 is 15.5 Å². The molecule has 9 nitrogen and oxygen atoms in total. The third-order valence-electron chi connectivity index (χ3n) is 7.99. The first-order chi connectivity index (χ1) is 16.1. The Kier molecular flexibility index (Phi) is 5.96. The van der Waals surface area contributed by atoms with Crippen molar-refractivity contribution in [1.29, 1.82) is 0 Å². The van der Waals surface area contributed by atoms with Gasteiger partial charge in [-0.2, -0.15) is 5.10 Å². The minimum atomic E-state index is -0.552. The predicted molar refractivity (Wildman–Crippen MR) is 128 cm³/mol. The van der Waals surface area contributed by atoms with Crippen LogP contribution in [0.4, 0.5) is 5.82 Å². The molecule has 186 valence electrons. The van der Waals surface area contributed by atoms with Gasteiger partial charge < -0.3 is 25.4 Å². The highest BCUT2D eigenvalue weighted by atomic mass is 16.5. The number of aromatic nitrogens is 2. The second kappa shape index (κ2) is 8.68. The molecule has 4 bridgehead atoms. The zero-order chi connectivity index (χ0) is 24.1. The van der Waals surface area contributed by atoms with Gasteiger partial charge in [-0.3, -0.25) is 9.59 Å². The zero-order valence-corrected chi connectivity index (χ0v) is 20.4. The Morgan fingerprint density at radius 3 is 2.50 bits per heavy atom. The van der Waals surface area contributed by atoms with E-state index < -0.39 is 11.1 Å². The Balaban J connectivity index is 1.39. The maximum absolute atomic E-state index is 13.6. The van der Waals surface area contributed by atoms with Crippen molar-refractivity contribution in [3.63, 3.8) is 0 Å². The highest BCUT2D eigenvalue weighted by Crippen LogP contribution is 2.55. The number of hydrogen-bond acceptors (Lipinski definition) is 6. The van der Waals surface area contributed by atoms with Crippen molar-refractivity contribution in [2.45, 2.75) is 70.1 Å². The monoisotopic (exact) mass is 471 g/mol. The Morgan fingerprint density at radius 1 is 1.21 bits per heavy atom. The zero-order valence-electron chi connectivity index (χ0n) is 20.4. The molecule has 0 radical (unpaired) electrons. The second-order valence-corrected chi connectivity index (χ2v) is 11.3. The minimum Gasteiger partial charge on any atom is -0.390 e. The van der Waals surface area contributed by atoms with Gasteiger partial charge in [0.25, 0.3) is 5.91 Å². The van der Waals surface area contributed by atoms with Crippen LogP contribution in [0, 0.1) is 17.8 Å². The number of hydrogen-bond donors (Lipinski definition) is 3. The van der Waals surface area contributed by atoms with Crippen LogP contribution in [0.2, 0.25) is 0 Å². The van der Waals surface area contributed by atoms with Crippen molar-refractivity contribution in [3.05, 3.63) is 17.8 Å². The molecule has 2 unspecified atom stereocenters. The molecule has 0 aromatic carbocycles. The summed E-state index contributed by atoms with van der Waals surface area (Å²) in [6.45, 7) is 7.87. The first-order valence-corrected chi connectivity index (χ1v) is 12.5. The van der Waals surface area contributed by atoms with Gasteiger partial charge in [-0.15, -0.1) is 0 Å². The van der Waals surface area contributed by atoms with Gasteiger partial charge >= 0.3 is 0 Å². The Morgan fingerprint density at radius 2 is 1.88 bits per heavy atom. The van der Waals surface area contributed by atoms with Gasteiger partial charge in [0.15, 0.2) is 0 Å². The highest BCUT2D eigenvalue weighted by Gasteiger charge is 2.55. The molecule has 5 fully saturated rings. The van der Waals surface area contributed by atoms with E-state index in [9.17, 15) is 14.7 Å². The smallest absolute Gasteiger partial charge is 0.256 e. The second-order valence-electron chi connectivity index (χ2n) is 11.3. The first kappa shape index (κ1) is 23.4. The van der Waals surface area contributed by atoms with Crippen LogP contribution >= 0.6 is 0 Å². The van der Waals surface area contributed by atoms with Crippen molar-refractivity contribution in [3.8, 4) is 0 Å². The number of carbonyl (C=O) groups excluding carboxylic acids is 2. The molecule has 2 heterocycles. The topological polar surface area (TPSA) is 109 Å². The Bertz CT molecular complexity index is 964. The summed E-state index contributed by atoms with van der Waals surface area (Å²) in [7, 11) is 0. The van der Waals surface area contributed by atoms with Gasteiger partial charge in [0.1, 0.15) is 11.4 Å². The molecule has 34 heavy (non-hydrogen) atoms. The molecule has 4 aliphatic carbocycles. The largest absolute Gasteiger partial charge is 0.390 e. The van der Waals surface area contributed by atoms with Gasteiger partial charge in [-0.25, -0.2) is 4.68 Å². The summed E-state index contributed by atoms with van der Waals surface area (Å²) in [4.78, 5) is 27.2. The van der Waals surface area contributed by atoms with Crippen LogP contribution in [0.1, 0.15) is 63.2 Å². The molecule has 6 rings (SSSR count). The molecule has 2 amide bonds. The van der Waals surface area contributed by atoms with E-state index in [0.29, 0.717) is 49.6 Å². The fourth-order valence-electron chi connectivity index (χ4n) is 6.91. The van der Waals surface area contributed by atoms with E-state index in [1.54, 1.807) is 10.9 Å². The normalized spacial score (nSPS) is 32.9. The number of nitrogens with zero attached hydrogens (tertiary/aromatic N) is 3. The lowest BCUT2D eigenvalue weighted by Gasteiger charge is -2.58. The van der Waals surface area contributed by atoms with E-state index in [1.807, 2.05) is 26.1 Å². The average molecular weight is 472 g/mol. The van der Waals surface area contributed by atoms with Crippen LogP contribution in [0.15, 0.2) is 12.3 Å². The van der Waals surface area contributed by atoms with Crippen molar-refractivity contribution >= 4 is 23.8 Å². The van der Waals surface area contributed by atoms with E-state index in [0.717, 1.165) is 37.9 Å². The summed E-state index contributed by atoms with van der Waals surface area (Å²) < 4.78 is 7.26. The Labute approximate surface area is 200 Å². The number of amides is 2. The lowest BCUT2D eigenvalue weighted by atomic mass is 9.52. The molecular weight excluding hydrogens is 434 g/mol. The summed E-state index contributed by atoms with van der Waals surface area (Å²) in [5, 5.41) is 21.7. The van der Waals surface area contributed by atoms with Crippen molar-refractivity contribution in [2.24, 2.45) is 17.8 Å². The average Bonchev–Trinajstić information content (AvgIpc) is 3.17. The lowest BCUT2D eigenvalue weighted by molar-refractivity contribution is -0.136. The van der Waals surface area contributed by atoms with Gasteiger partial charge in [0.2, 0.25) is 5.91 Å². The third-order valence-corrected chi connectivity index (χ3v) is 7.99. The van der Waals surface area contributed by atoms with E-state index in [4.69, 9.17) is 4.74 Å². The quantitative estimate of drug-likeness (QED) is 0.584. The number of nitrogens with one attached hydrogen (secondary N) is 2. The van der Waals surface area contributed by atoms with Crippen molar-refractivity contribution in [1.82, 2.24) is 20.4 Å². The Hall–Kier alpha value is -2.39. The number of morpholine rings is 1. The van der Waals surface area contributed by atoms with Gasteiger partial charge in [-0.05, 0) is 69.8 Å². The fraction of sp³-hybridized carbons (Fsp3) is 0.720. The van der Waals surface area contributed by atoms with Crippen molar-refractivity contribution in [2.75, 3.05) is 31.2 Å². The summed E-state index contributed by atoms with van der Waals surface area (Å²) >= 11 is 0. The molecule has 1 aromatic heterocycles. The maximum Gasteiger partial charge on any atom is 0.256 e. The van der Waals surface area contributed by atoms with E-state index in [1.165, 1.54) is 6.92 Å². The highest BCUT2D eigenvalue weighted by molar-refractivity contribution is 5.99. The van der Waals surface area contributed by atoms with Gasteiger partial charge in [0, 0.05) is 32.3 Å². The molecule has 2 atom stereocenters. The summed E-state index contributed by atoms with van der Waals surface area (Å²) in [6.07, 6.45) is 10.0. The number of rotatable bonds is 6. The molecule has 0 spiro atoms. The van der Waals surface area contributed by atoms with Crippen LogP contribution in [-0.4, -0.2) is 70.2 Å². The number of anilines is 1. The standard InChI is InChI=1S/C25H37N5O4/c1-16(31)28-24(2,3)4-5-30-23(29-6-8-34-9-7-29)20(15-26-30)22(32)27-21-18-10-17-11-19(21)14-25(33,12-17)13-18/h4-5,15,17-19,21,33H,6-14H2,1-3H3,(H,27,32)(H,28,31)/b5-4+. The first-order valence-electron chi connectivity index (χ1n) is 12.5. The third kappa shape index (κ3) is 4.60. The number of ether oxygens (including phenoxy) is 1. The van der Waals surface area contributed by atoms with Crippen LogP contribution in [0.5, 0.6) is 0 Å². The van der Waals surface area contributed by atoms with Crippen LogP contribution in [0.25, 0.3) is 6.20 Å². The minimum absolute atomic E-state index is 0.105. The summed E-state index contributed by atoms with van der Waals surface area (Å²) in [5.74, 6) is 1.83. The molecule has 4 saturated carbocycles. The molecular formula is C25H37N5O4. The number of aliphatic hydroxyl groups is 1. The molecule has 3 N–H and O–H groups in total. The predicted octanol–water partition coefficient (Wildman–Crippen LogP) is 1.77. The maximum atomic E-state index is 13.6. The summed E-state index contributed by atoms with van der Waals surface area (Å²) in [6, 6.07) is 0.111. The SMILES string of the molecule is CC(=O)NC(C)(C)/C=C/n1ncc(C(=O)NC2C3CC4CC2CC(O)(C4)C3)c1N1CCOCC1. The van der Waals surface area contributed by atoms with Crippen molar-refractivity contribution < 1.29 is 19.4 Å². The van der Waals surface area contributed by atoms with E-state index in [2.05, 4.69) is 20.6 Å². The summed E-state index contributed by atoms with van der Waals surface area (Å²) in [5.41, 5.74) is -0.521. The van der Waals surface area contributed by atoms with Crippen LogP contribution in [0.3, 0.4) is 0 Å². The molecule has 1 saturated heterocycles. The fourth-order valence-corrected chi connectivity index (χ4v) is 6.91. The lowest BCUT2D eigenvalue weighted by Crippen LogP contribution is -2.61. The van der Waals surface area contributed by atoms with Crippen LogP contribution in [-0.2, 0) is 9.53 Å². The van der Waals surface area contributed by atoms with Gasteiger partial charge in [-0.1, -0.05) is 0 Å². The molecule has 5 aliphatic rings. The number of carbonyl (C=O) groups is 2. The van der Waals surface area contributed by atoms with E-state index in [-0.39, 0.29) is 17.9 Å². The van der Waals surface area contributed by atoms with E-state index >= 15 is 0 Å². The molecule has 9 heteroatoms. The van der Waals surface area contributed by atoms with Gasteiger partial charge in [0.05, 0.1) is 30.6 Å². The molecule has 1 aliphatic heterocycles. The molecule has 1 aromatic rings.